The van der Waals surface area contributed by atoms with Crippen molar-refractivity contribution in [1.29, 1.82) is 0 Å². The summed E-state index contributed by atoms with van der Waals surface area (Å²) in [6, 6.07) is 12.2. The van der Waals surface area contributed by atoms with Crippen molar-refractivity contribution in [2.24, 2.45) is 0 Å². The zero-order valence-corrected chi connectivity index (χ0v) is 18.6. The summed E-state index contributed by atoms with van der Waals surface area (Å²) in [5.41, 5.74) is -0.208. The van der Waals surface area contributed by atoms with Crippen molar-refractivity contribution < 1.29 is 35.2 Å². The fourth-order valence-electron chi connectivity index (χ4n) is 3.06. The van der Waals surface area contributed by atoms with E-state index in [9.17, 15) is 35.2 Å². The summed E-state index contributed by atoms with van der Waals surface area (Å²) in [6.07, 6.45) is -5.16. The molecule has 1 amide bonds. The fourth-order valence-corrected chi connectivity index (χ4v) is 4.57. The number of nitrogens with one attached hydrogen (secondary N) is 1. The number of sulfonamides is 1. The van der Waals surface area contributed by atoms with Crippen LogP contribution in [0.25, 0.3) is 0 Å². The highest BCUT2D eigenvalue weighted by Crippen LogP contribution is 2.32. The first kappa shape index (κ1) is 25.2. The highest BCUT2D eigenvalue weighted by atomic mass is 32.2. The quantitative estimate of drug-likeness (QED) is 0.437. The van der Waals surface area contributed by atoms with Crippen LogP contribution in [-0.4, -0.2) is 20.9 Å². The van der Waals surface area contributed by atoms with Crippen molar-refractivity contribution in [3.05, 3.63) is 89.5 Å². The zero-order chi connectivity index (χ0) is 25.1. The molecule has 5 nitrogen and oxygen atoms in total. The molecule has 0 spiro atoms. The molecule has 3 aromatic rings. The third-order valence-corrected chi connectivity index (χ3v) is 6.64. The molecule has 0 unspecified atom stereocenters. The first-order valence-corrected chi connectivity index (χ1v) is 11.3. The molecule has 0 bridgehead atoms. The van der Waals surface area contributed by atoms with E-state index in [2.05, 4.69) is 5.32 Å². The van der Waals surface area contributed by atoms with E-state index in [1.165, 1.54) is 12.1 Å². The number of carbonyl (C=O) groups is 1. The van der Waals surface area contributed by atoms with Crippen LogP contribution >= 0.6 is 0 Å². The average Bonchev–Trinajstić information content (AvgIpc) is 2.77. The highest BCUT2D eigenvalue weighted by Gasteiger charge is 2.33. The van der Waals surface area contributed by atoms with Gasteiger partial charge in [-0.2, -0.15) is 13.2 Å². The second-order valence-electron chi connectivity index (χ2n) is 7.37. The van der Waals surface area contributed by atoms with E-state index >= 15 is 0 Å². The van der Waals surface area contributed by atoms with E-state index in [1.807, 2.05) is 0 Å². The Hall–Kier alpha value is -3.47. The minimum atomic E-state index is -4.75. The van der Waals surface area contributed by atoms with Gasteiger partial charge in [0.25, 0.3) is 10.0 Å². The molecule has 0 aliphatic rings. The Bertz CT molecular complexity index is 1290. The summed E-state index contributed by atoms with van der Waals surface area (Å²) in [6.45, 7) is 1.35. The molecule has 0 saturated carbocycles. The maximum atomic E-state index is 13.4. The van der Waals surface area contributed by atoms with E-state index < -0.39 is 57.2 Å². The molecule has 34 heavy (non-hydrogen) atoms. The number of nitrogens with zero attached hydrogens (tertiary/aromatic N) is 1. The Labute approximate surface area is 192 Å². The highest BCUT2D eigenvalue weighted by molar-refractivity contribution is 7.92. The number of benzene rings is 3. The molecule has 11 heteroatoms. The van der Waals surface area contributed by atoms with Crippen LogP contribution < -0.4 is 9.62 Å². The Morgan fingerprint density at radius 1 is 0.941 bits per heavy atom. The average molecular weight is 498 g/mol. The minimum absolute atomic E-state index is 0.0356. The van der Waals surface area contributed by atoms with Gasteiger partial charge in [-0.1, -0.05) is 23.8 Å². The van der Waals surface area contributed by atoms with Gasteiger partial charge in [0.1, 0.15) is 0 Å². The van der Waals surface area contributed by atoms with Crippen molar-refractivity contribution >= 4 is 27.3 Å². The molecule has 0 fully saturated rings. The van der Waals surface area contributed by atoms with E-state index in [0.717, 1.165) is 46.3 Å². The maximum Gasteiger partial charge on any atom is 0.416 e. The smallest absolute Gasteiger partial charge is 0.326 e. The lowest BCUT2D eigenvalue weighted by atomic mass is 10.2. The van der Waals surface area contributed by atoms with Gasteiger partial charge in [-0.25, -0.2) is 17.2 Å². The maximum absolute atomic E-state index is 13.4. The second-order valence-corrected chi connectivity index (χ2v) is 9.23. The molecular formula is C23H19F5N2O3S. The van der Waals surface area contributed by atoms with Gasteiger partial charge < -0.3 is 5.32 Å². The Morgan fingerprint density at radius 3 is 2.24 bits per heavy atom. The van der Waals surface area contributed by atoms with Crippen molar-refractivity contribution in [1.82, 2.24) is 0 Å². The summed E-state index contributed by atoms with van der Waals surface area (Å²) in [4.78, 5) is 11.8. The largest absolute Gasteiger partial charge is 0.416 e. The third kappa shape index (κ3) is 5.90. The van der Waals surface area contributed by atoms with Gasteiger partial charge in [0.15, 0.2) is 11.6 Å². The molecule has 0 aromatic heterocycles. The van der Waals surface area contributed by atoms with Crippen LogP contribution in [-0.2, 0) is 21.0 Å². The summed E-state index contributed by atoms with van der Waals surface area (Å²) in [7, 11) is -4.49. The molecule has 0 aliphatic heterocycles. The van der Waals surface area contributed by atoms with E-state index in [1.54, 1.807) is 19.1 Å². The molecule has 0 saturated heterocycles. The molecule has 0 heterocycles. The van der Waals surface area contributed by atoms with Crippen LogP contribution in [0.15, 0.2) is 71.6 Å². The Balaban J connectivity index is 1.89. The van der Waals surface area contributed by atoms with Crippen LogP contribution in [0.4, 0.5) is 33.3 Å². The van der Waals surface area contributed by atoms with Crippen LogP contribution in [0.2, 0.25) is 0 Å². The monoisotopic (exact) mass is 498 g/mol. The van der Waals surface area contributed by atoms with Gasteiger partial charge in [-0.15, -0.1) is 0 Å². The van der Waals surface area contributed by atoms with E-state index in [4.69, 9.17) is 0 Å². The number of hydrogen-bond acceptors (Lipinski definition) is 3. The SMILES string of the molecule is Cc1ccc(N(CCC(=O)Nc2ccc(F)c(F)c2)S(=O)(=O)c2cccc(C(F)(F)F)c2)cc1. The molecular weight excluding hydrogens is 479 g/mol. The molecule has 1 N–H and O–H groups in total. The Kier molecular flexibility index (Phi) is 7.25. The number of carbonyl (C=O) groups excluding carboxylic acids is 1. The number of amides is 1. The van der Waals surface area contributed by atoms with Crippen molar-refractivity contribution in [3.63, 3.8) is 0 Å². The van der Waals surface area contributed by atoms with Crippen molar-refractivity contribution in [3.8, 4) is 0 Å². The third-order valence-electron chi connectivity index (χ3n) is 4.82. The summed E-state index contributed by atoms with van der Waals surface area (Å²) in [5.74, 6) is -2.98. The first-order valence-electron chi connectivity index (χ1n) is 9.89. The number of halogens is 5. The van der Waals surface area contributed by atoms with Crippen LogP contribution in [0, 0.1) is 18.6 Å². The molecule has 3 aromatic carbocycles. The number of anilines is 2. The molecule has 3 rings (SSSR count). The lowest BCUT2D eigenvalue weighted by molar-refractivity contribution is -0.137. The zero-order valence-electron chi connectivity index (χ0n) is 17.7. The van der Waals surface area contributed by atoms with E-state index in [-0.39, 0.29) is 11.4 Å². The second kappa shape index (κ2) is 9.80. The van der Waals surface area contributed by atoms with Gasteiger partial charge in [0, 0.05) is 24.7 Å². The van der Waals surface area contributed by atoms with Crippen molar-refractivity contribution in [2.75, 3.05) is 16.2 Å². The first-order chi connectivity index (χ1) is 15.9. The number of aryl methyl sites for hydroxylation is 1. The minimum Gasteiger partial charge on any atom is -0.326 e. The van der Waals surface area contributed by atoms with Gasteiger partial charge in [-0.3, -0.25) is 9.10 Å². The molecule has 180 valence electrons. The Morgan fingerprint density at radius 2 is 1.62 bits per heavy atom. The van der Waals surface area contributed by atoms with Gasteiger partial charge >= 0.3 is 6.18 Å². The lowest BCUT2D eigenvalue weighted by Crippen LogP contribution is -2.34. The number of hydrogen-bond donors (Lipinski definition) is 1. The van der Waals surface area contributed by atoms with E-state index in [0.29, 0.717) is 6.07 Å². The number of rotatable bonds is 7. The molecule has 0 radical (unpaired) electrons. The standard InChI is InChI=1S/C23H19F5N2O3S/c1-15-5-8-18(9-6-15)30(12-11-22(31)29-17-7-10-20(24)21(25)14-17)34(32,33)19-4-2-3-16(13-19)23(26,27)28/h2-10,13-14H,11-12H2,1H3,(H,29,31). The van der Waals surface area contributed by atoms with Crippen LogP contribution in [0.5, 0.6) is 0 Å². The van der Waals surface area contributed by atoms with Crippen LogP contribution in [0.3, 0.4) is 0 Å². The topological polar surface area (TPSA) is 66.5 Å². The lowest BCUT2D eigenvalue weighted by Gasteiger charge is -2.25. The predicted octanol–water partition coefficient (Wildman–Crippen LogP) is 5.52. The normalized spacial score (nSPS) is 11.8. The van der Waals surface area contributed by atoms with Gasteiger partial charge in [0.05, 0.1) is 16.1 Å². The molecule has 0 aliphatic carbocycles. The summed E-state index contributed by atoms with van der Waals surface area (Å²) >= 11 is 0. The van der Waals surface area contributed by atoms with Crippen LogP contribution in [0.1, 0.15) is 17.5 Å². The summed E-state index contributed by atoms with van der Waals surface area (Å²) < 4.78 is 93.2. The molecule has 0 atom stereocenters. The van der Waals surface area contributed by atoms with Gasteiger partial charge in [0.2, 0.25) is 5.91 Å². The van der Waals surface area contributed by atoms with Gasteiger partial charge in [-0.05, 0) is 49.4 Å². The number of alkyl halides is 3. The summed E-state index contributed by atoms with van der Waals surface area (Å²) in [5, 5.41) is 2.33. The van der Waals surface area contributed by atoms with Crippen molar-refractivity contribution in [2.45, 2.75) is 24.4 Å². The fraction of sp³-hybridized carbons (Fsp3) is 0.174. The predicted molar refractivity (Wildman–Crippen MR) is 117 cm³/mol.